The lowest BCUT2D eigenvalue weighted by molar-refractivity contribution is -0.124. The van der Waals surface area contributed by atoms with Crippen molar-refractivity contribution >= 4 is 33.0 Å². The van der Waals surface area contributed by atoms with E-state index < -0.39 is 9.84 Å². The number of halogens is 1. The summed E-state index contributed by atoms with van der Waals surface area (Å²) in [6.45, 7) is 0.299. The van der Waals surface area contributed by atoms with Crippen LogP contribution in [0.3, 0.4) is 0 Å². The Balaban J connectivity index is 1.71. The van der Waals surface area contributed by atoms with Crippen LogP contribution in [0.4, 0.5) is 5.69 Å². The van der Waals surface area contributed by atoms with Crippen LogP contribution >= 0.6 is 11.6 Å². The topological polar surface area (TPSA) is 57.7 Å². The van der Waals surface area contributed by atoms with E-state index in [0.29, 0.717) is 23.3 Å². The Labute approximate surface area is 147 Å². The van der Waals surface area contributed by atoms with Crippen LogP contribution in [0.2, 0.25) is 5.02 Å². The van der Waals surface area contributed by atoms with Gasteiger partial charge in [-0.15, -0.1) is 0 Å². The van der Waals surface area contributed by atoms with E-state index in [2.05, 4.69) is 4.90 Å². The lowest BCUT2D eigenvalue weighted by Gasteiger charge is -2.46. The number of amides is 1. The van der Waals surface area contributed by atoms with Crippen LogP contribution in [0.5, 0.6) is 0 Å². The number of nitrogens with zero attached hydrogens (tertiary/aromatic N) is 2. The fraction of sp³-hybridized carbons (Fsp3) is 0.588. The number of fused-ring (bicyclic) bond motifs is 1. The zero-order valence-corrected chi connectivity index (χ0v) is 15.0. The Morgan fingerprint density at radius 3 is 2.50 bits per heavy atom. The average molecular weight is 369 g/mol. The van der Waals surface area contributed by atoms with Crippen molar-refractivity contribution in [2.24, 2.45) is 0 Å². The minimum absolute atomic E-state index is 0.0254. The molecule has 0 radical (unpaired) electrons. The standard InChI is InChI=1S/C17H21ClN2O3S/c18-12-4-3-7-14(8-12)20-16-11-24(22,23)10-15(16)19(9-17(20)21)13-5-1-2-6-13/h3-4,7-8,13,15-16H,1-2,5-6,9-11H2. The number of anilines is 1. The third-order valence-corrected chi connectivity index (χ3v) is 7.45. The van der Waals surface area contributed by atoms with Crippen LogP contribution in [0, 0.1) is 0 Å². The summed E-state index contributed by atoms with van der Waals surface area (Å²) in [6, 6.07) is 7.06. The van der Waals surface area contributed by atoms with Crippen molar-refractivity contribution in [1.82, 2.24) is 4.90 Å². The number of rotatable bonds is 2. The van der Waals surface area contributed by atoms with Crippen molar-refractivity contribution < 1.29 is 13.2 Å². The molecule has 1 aromatic rings. The maximum absolute atomic E-state index is 12.9. The summed E-state index contributed by atoms with van der Waals surface area (Å²) in [7, 11) is -3.13. The SMILES string of the molecule is O=C1CN(C2CCCC2)C2CS(=O)(=O)CC2N1c1cccc(Cl)c1. The molecule has 0 bridgehead atoms. The summed E-state index contributed by atoms with van der Waals surface area (Å²) >= 11 is 6.08. The van der Waals surface area contributed by atoms with Gasteiger partial charge in [0.05, 0.1) is 24.1 Å². The molecule has 2 atom stereocenters. The maximum Gasteiger partial charge on any atom is 0.241 e. The van der Waals surface area contributed by atoms with Crippen molar-refractivity contribution in [1.29, 1.82) is 0 Å². The van der Waals surface area contributed by atoms with Crippen molar-refractivity contribution in [3.8, 4) is 0 Å². The van der Waals surface area contributed by atoms with Crippen molar-refractivity contribution in [2.45, 2.75) is 43.8 Å². The van der Waals surface area contributed by atoms with Crippen molar-refractivity contribution in [2.75, 3.05) is 23.0 Å². The first-order chi connectivity index (χ1) is 11.4. The number of carbonyl (C=O) groups is 1. The van der Waals surface area contributed by atoms with Crippen LogP contribution in [0.25, 0.3) is 0 Å². The second kappa shape index (κ2) is 6.00. The summed E-state index contributed by atoms with van der Waals surface area (Å²) in [5.74, 6) is 0.167. The first-order valence-corrected chi connectivity index (χ1v) is 10.7. The molecule has 3 fully saturated rings. The van der Waals surface area contributed by atoms with Crippen LogP contribution in [-0.4, -0.2) is 55.4 Å². The molecule has 130 valence electrons. The molecular weight excluding hydrogens is 348 g/mol. The molecule has 0 aromatic heterocycles. The van der Waals surface area contributed by atoms with Gasteiger partial charge in [-0.1, -0.05) is 30.5 Å². The molecule has 2 aliphatic heterocycles. The maximum atomic E-state index is 12.9. The third-order valence-electron chi connectivity index (χ3n) is 5.52. The molecule has 7 heteroatoms. The molecule has 2 heterocycles. The molecule has 24 heavy (non-hydrogen) atoms. The van der Waals surface area contributed by atoms with E-state index in [9.17, 15) is 13.2 Å². The monoisotopic (exact) mass is 368 g/mol. The molecular formula is C17H21ClN2O3S. The number of carbonyl (C=O) groups excluding carboxylic acids is 1. The molecule has 4 rings (SSSR count). The Morgan fingerprint density at radius 2 is 1.79 bits per heavy atom. The van der Waals surface area contributed by atoms with E-state index >= 15 is 0 Å². The molecule has 3 aliphatic rings. The first kappa shape index (κ1) is 16.4. The molecule has 1 amide bonds. The van der Waals surface area contributed by atoms with Gasteiger partial charge in [-0.2, -0.15) is 0 Å². The predicted molar refractivity (Wildman–Crippen MR) is 94.1 cm³/mol. The second-order valence-electron chi connectivity index (χ2n) is 7.07. The predicted octanol–water partition coefficient (Wildman–Crippen LogP) is 2.10. The van der Waals surface area contributed by atoms with E-state index in [1.165, 1.54) is 0 Å². The number of hydrogen-bond acceptors (Lipinski definition) is 4. The largest absolute Gasteiger partial charge is 0.306 e. The van der Waals surface area contributed by atoms with E-state index in [4.69, 9.17) is 11.6 Å². The molecule has 0 N–H and O–H groups in total. The molecule has 2 saturated heterocycles. The van der Waals surface area contributed by atoms with Crippen LogP contribution in [0.15, 0.2) is 24.3 Å². The highest BCUT2D eigenvalue weighted by Crippen LogP contribution is 2.36. The van der Waals surface area contributed by atoms with Gasteiger partial charge in [0.15, 0.2) is 9.84 Å². The normalized spacial score (nSPS) is 30.7. The number of benzene rings is 1. The Morgan fingerprint density at radius 1 is 1.08 bits per heavy atom. The lowest BCUT2D eigenvalue weighted by Crippen LogP contribution is -2.64. The smallest absolute Gasteiger partial charge is 0.241 e. The molecule has 1 saturated carbocycles. The fourth-order valence-electron chi connectivity index (χ4n) is 4.51. The van der Waals surface area contributed by atoms with E-state index in [0.717, 1.165) is 25.7 Å². The highest BCUT2D eigenvalue weighted by Gasteiger charge is 2.51. The number of hydrogen-bond donors (Lipinski definition) is 0. The van der Waals surface area contributed by atoms with Crippen molar-refractivity contribution in [3.05, 3.63) is 29.3 Å². The van der Waals surface area contributed by atoms with E-state index in [1.807, 2.05) is 6.07 Å². The summed E-state index contributed by atoms with van der Waals surface area (Å²) in [5.41, 5.74) is 0.700. The number of piperazine rings is 1. The lowest BCUT2D eigenvalue weighted by atomic mass is 10.00. The quantitative estimate of drug-likeness (QED) is 0.802. The van der Waals surface area contributed by atoms with Gasteiger partial charge in [0.25, 0.3) is 0 Å². The van der Waals surface area contributed by atoms with Gasteiger partial charge >= 0.3 is 0 Å². The highest BCUT2D eigenvalue weighted by atomic mass is 35.5. The minimum atomic E-state index is -3.13. The van der Waals surface area contributed by atoms with Crippen LogP contribution in [-0.2, 0) is 14.6 Å². The molecule has 5 nitrogen and oxygen atoms in total. The molecule has 2 unspecified atom stereocenters. The average Bonchev–Trinajstić information content (AvgIpc) is 3.13. The first-order valence-electron chi connectivity index (χ1n) is 8.48. The van der Waals surface area contributed by atoms with Gasteiger partial charge in [0.2, 0.25) is 5.91 Å². The van der Waals surface area contributed by atoms with Gasteiger partial charge in [-0.05, 0) is 31.0 Å². The summed E-state index contributed by atoms with van der Waals surface area (Å²) in [4.78, 5) is 16.7. The van der Waals surface area contributed by atoms with Crippen LogP contribution in [0.1, 0.15) is 25.7 Å². The molecule has 1 aliphatic carbocycles. The summed E-state index contributed by atoms with van der Waals surface area (Å²) < 4.78 is 24.6. The summed E-state index contributed by atoms with van der Waals surface area (Å²) in [6.07, 6.45) is 4.45. The second-order valence-corrected chi connectivity index (χ2v) is 9.66. The number of sulfone groups is 1. The zero-order valence-electron chi connectivity index (χ0n) is 13.4. The Bertz CT molecular complexity index is 761. The molecule has 0 spiro atoms. The third kappa shape index (κ3) is 2.85. The van der Waals surface area contributed by atoms with Crippen molar-refractivity contribution in [3.63, 3.8) is 0 Å². The Hall–Kier alpha value is -1.11. The van der Waals surface area contributed by atoms with E-state index in [-0.39, 0.29) is 29.5 Å². The Kier molecular flexibility index (Phi) is 4.09. The zero-order chi connectivity index (χ0) is 16.9. The van der Waals surface area contributed by atoms with Gasteiger partial charge in [-0.3, -0.25) is 9.69 Å². The van der Waals surface area contributed by atoms with Gasteiger partial charge in [-0.25, -0.2) is 8.42 Å². The van der Waals surface area contributed by atoms with E-state index in [1.54, 1.807) is 23.1 Å². The van der Waals surface area contributed by atoms with Gasteiger partial charge in [0, 0.05) is 22.8 Å². The minimum Gasteiger partial charge on any atom is -0.306 e. The summed E-state index contributed by atoms with van der Waals surface area (Å²) in [5, 5.41) is 0.552. The van der Waals surface area contributed by atoms with Crippen LogP contribution < -0.4 is 4.90 Å². The highest BCUT2D eigenvalue weighted by molar-refractivity contribution is 7.91. The van der Waals surface area contributed by atoms with Gasteiger partial charge in [0.1, 0.15) is 0 Å². The molecule has 1 aromatic carbocycles. The fourth-order valence-corrected chi connectivity index (χ4v) is 6.65. The van der Waals surface area contributed by atoms with Gasteiger partial charge < -0.3 is 4.90 Å².